The third-order valence-corrected chi connectivity index (χ3v) is 9.35. The van der Waals surface area contributed by atoms with E-state index in [1.54, 1.807) is 31.2 Å². The maximum absolute atomic E-state index is 13.5. The van der Waals surface area contributed by atoms with Crippen LogP contribution < -0.4 is 9.62 Å². The van der Waals surface area contributed by atoms with E-state index in [9.17, 15) is 17.6 Å². The Morgan fingerprint density at radius 1 is 0.886 bits per heavy atom. The second-order valence-corrected chi connectivity index (χ2v) is 12.7. The zero-order valence-electron chi connectivity index (χ0n) is 24.4. The molecule has 2 aliphatic heterocycles. The van der Waals surface area contributed by atoms with Crippen molar-refractivity contribution in [1.29, 1.82) is 0 Å². The van der Waals surface area contributed by atoms with E-state index >= 15 is 0 Å². The largest absolute Gasteiger partial charge is 0.342 e. The van der Waals surface area contributed by atoms with Crippen molar-refractivity contribution in [3.05, 3.63) is 120 Å². The molecule has 1 amide bonds. The van der Waals surface area contributed by atoms with Gasteiger partial charge in [-0.1, -0.05) is 48.5 Å². The van der Waals surface area contributed by atoms with Crippen molar-refractivity contribution in [2.45, 2.75) is 43.8 Å². The number of likely N-dealkylation sites (tertiary alicyclic amines) is 1. The standard InChI is InChI=1S/C34H34FN5O3S/c1-25(41)39(24-26-14-18-28(19-15-26)37-44(42,43)30-20-16-27(35)17-21-30)33-31-12-6-7-13-32(31)36-34(38-22-8-3-9-23-38)40(33)29-10-4-2-5-11-29/h2,4-7,10-21,33,37H,3,8-9,22-24H2,1H3. The first kappa shape index (κ1) is 29.4. The molecule has 2 aliphatic rings. The topological polar surface area (TPSA) is 85.3 Å². The third kappa shape index (κ3) is 6.16. The van der Waals surface area contributed by atoms with Crippen molar-refractivity contribution in [2.75, 3.05) is 22.7 Å². The molecule has 10 heteroatoms. The van der Waals surface area contributed by atoms with Crippen LogP contribution in [0.2, 0.25) is 0 Å². The van der Waals surface area contributed by atoms with Crippen LogP contribution in [-0.4, -0.2) is 43.2 Å². The lowest BCUT2D eigenvalue weighted by Gasteiger charge is -2.47. The van der Waals surface area contributed by atoms with Crippen molar-refractivity contribution >= 4 is 39.0 Å². The molecule has 2 heterocycles. The van der Waals surface area contributed by atoms with E-state index in [4.69, 9.17) is 4.99 Å². The van der Waals surface area contributed by atoms with E-state index in [0.717, 1.165) is 66.5 Å². The summed E-state index contributed by atoms with van der Waals surface area (Å²) in [5.41, 5.74) is 3.89. The fourth-order valence-corrected chi connectivity index (χ4v) is 6.82. The lowest BCUT2D eigenvalue weighted by Crippen LogP contribution is -2.54. The number of anilines is 2. The monoisotopic (exact) mass is 611 g/mol. The van der Waals surface area contributed by atoms with Gasteiger partial charge in [0.25, 0.3) is 10.0 Å². The number of hydrogen-bond acceptors (Lipinski definition) is 6. The van der Waals surface area contributed by atoms with Crippen LogP contribution >= 0.6 is 0 Å². The van der Waals surface area contributed by atoms with Crippen LogP contribution in [0.25, 0.3) is 0 Å². The molecule has 1 atom stereocenters. The van der Waals surface area contributed by atoms with E-state index in [-0.39, 0.29) is 17.3 Å². The Bertz CT molecular complexity index is 1760. The van der Waals surface area contributed by atoms with Crippen molar-refractivity contribution in [3.63, 3.8) is 0 Å². The zero-order chi connectivity index (χ0) is 30.7. The van der Waals surface area contributed by atoms with Crippen LogP contribution in [0.3, 0.4) is 0 Å². The number of piperidine rings is 1. The number of guanidine groups is 1. The first-order valence-corrected chi connectivity index (χ1v) is 16.2. The number of amides is 1. The van der Waals surface area contributed by atoms with Gasteiger partial charge in [0, 0.05) is 43.5 Å². The number of sulfonamides is 1. The zero-order valence-corrected chi connectivity index (χ0v) is 25.3. The first-order valence-electron chi connectivity index (χ1n) is 14.7. The lowest BCUT2D eigenvalue weighted by molar-refractivity contribution is -0.131. The molecule has 1 unspecified atom stereocenters. The normalized spacial score (nSPS) is 16.6. The summed E-state index contributed by atoms with van der Waals surface area (Å²) < 4.78 is 41.5. The molecule has 4 aromatic rings. The van der Waals surface area contributed by atoms with Crippen LogP contribution in [0.4, 0.5) is 21.5 Å². The predicted molar refractivity (Wildman–Crippen MR) is 170 cm³/mol. The molecule has 1 fully saturated rings. The second-order valence-electron chi connectivity index (χ2n) is 11.0. The fraction of sp³-hybridized carbons (Fsp3) is 0.235. The van der Waals surface area contributed by atoms with E-state index in [2.05, 4.69) is 14.5 Å². The molecule has 4 aromatic carbocycles. The average molecular weight is 612 g/mol. The van der Waals surface area contributed by atoms with Crippen LogP contribution in [0.1, 0.15) is 43.5 Å². The summed E-state index contributed by atoms with van der Waals surface area (Å²) in [6, 6.07) is 29.6. The molecule has 0 bridgehead atoms. The van der Waals surface area contributed by atoms with E-state index in [0.29, 0.717) is 5.69 Å². The van der Waals surface area contributed by atoms with Crippen molar-refractivity contribution < 1.29 is 17.6 Å². The Kier molecular flexibility index (Phi) is 8.34. The van der Waals surface area contributed by atoms with Gasteiger partial charge in [-0.05, 0) is 79.4 Å². The highest BCUT2D eigenvalue weighted by Crippen LogP contribution is 2.41. The Morgan fingerprint density at radius 3 is 2.23 bits per heavy atom. The minimum atomic E-state index is -3.89. The maximum Gasteiger partial charge on any atom is 0.261 e. The highest BCUT2D eigenvalue weighted by molar-refractivity contribution is 7.92. The molecule has 8 nitrogen and oxygen atoms in total. The van der Waals surface area contributed by atoms with Gasteiger partial charge in [0.2, 0.25) is 11.9 Å². The van der Waals surface area contributed by atoms with Crippen molar-refractivity contribution in [2.24, 2.45) is 4.99 Å². The SMILES string of the molecule is CC(=O)N(Cc1ccc(NS(=O)(=O)c2ccc(F)cc2)cc1)C1c2ccccc2N=C(N2CCCCC2)N1c1ccccc1. The summed E-state index contributed by atoms with van der Waals surface area (Å²) in [7, 11) is -3.89. The average Bonchev–Trinajstić information content (AvgIpc) is 3.04. The number of hydrogen-bond donors (Lipinski definition) is 1. The number of nitrogens with zero attached hydrogens (tertiary/aromatic N) is 4. The van der Waals surface area contributed by atoms with Gasteiger partial charge in [-0.15, -0.1) is 0 Å². The first-order chi connectivity index (χ1) is 21.3. The minimum absolute atomic E-state index is 0.0335. The quantitative estimate of drug-likeness (QED) is 0.252. The van der Waals surface area contributed by atoms with E-state index < -0.39 is 22.0 Å². The van der Waals surface area contributed by atoms with Gasteiger partial charge >= 0.3 is 0 Å². The summed E-state index contributed by atoms with van der Waals surface area (Å²) in [5, 5.41) is 0. The van der Waals surface area contributed by atoms with Crippen LogP contribution in [-0.2, 0) is 21.4 Å². The summed E-state index contributed by atoms with van der Waals surface area (Å²) in [4.78, 5) is 24.9. The molecular weight excluding hydrogens is 577 g/mol. The Morgan fingerprint density at radius 2 is 1.55 bits per heavy atom. The van der Waals surface area contributed by atoms with Gasteiger partial charge in [-0.25, -0.2) is 17.8 Å². The van der Waals surface area contributed by atoms with Crippen LogP contribution in [0.15, 0.2) is 113 Å². The molecule has 0 aromatic heterocycles. The molecule has 0 spiro atoms. The van der Waals surface area contributed by atoms with E-state index in [1.165, 1.54) is 18.6 Å². The number of benzene rings is 4. The number of carbonyl (C=O) groups is 1. The highest BCUT2D eigenvalue weighted by Gasteiger charge is 2.39. The molecule has 6 rings (SSSR count). The van der Waals surface area contributed by atoms with Crippen LogP contribution in [0, 0.1) is 5.82 Å². The predicted octanol–water partition coefficient (Wildman–Crippen LogP) is 6.67. The Labute approximate surface area is 257 Å². The van der Waals surface area contributed by atoms with Gasteiger partial charge in [-0.2, -0.15) is 0 Å². The van der Waals surface area contributed by atoms with Crippen molar-refractivity contribution in [1.82, 2.24) is 9.80 Å². The van der Waals surface area contributed by atoms with Gasteiger partial charge in [0.05, 0.1) is 10.6 Å². The maximum atomic E-state index is 13.5. The molecule has 226 valence electrons. The summed E-state index contributed by atoms with van der Waals surface area (Å²) in [6.07, 6.45) is 2.89. The summed E-state index contributed by atoms with van der Waals surface area (Å²) in [5.74, 6) is 0.215. The number of halogens is 1. The van der Waals surface area contributed by atoms with Gasteiger partial charge in [0.15, 0.2) is 0 Å². The number of carbonyl (C=O) groups excluding carboxylic acids is 1. The lowest BCUT2D eigenvalue weighted by atomic mass is 10.0. The van der Waals surface area contributed by atoms with Crippen LogP contribution in [0.5, 0.6) is 0 Å². The highest BCUT2D eigenvalue weighted by atomic mass is 32.2. The summed E-state index contributed by atoms with van der Waals surface area (Å²) >= 11 is 0. The Balaban J connectivity index is 1.33. The van der Waals surface area contributed by atoms with Gasteiger partial charge in [0.1, 0.15) is 12.0 Å². The van der Waals surface area contributed by atoms with Gasteiger partial charge in [-0.3, -0.25) is 14.4 Å². The fourth-order valence-electron chi connectivity index (χ4n) is 5.76. The molecular formula is C34H34FN5O3S. The molecule has 1 N–H and O–H groups in total. The molecule has 0 aliphatic carbocycles. The smallest absolute Gasteiger partial charge is 0.261 e. The summed E-state index contributed by atoms with van der Waals surface area (Å²) in [6.45, 7) is 3.65. The second kappa shape index (κ2) is 12.5. The molecule has 44 heavy (non-hydrogen) atoms. The van der Waals surface area contributed by atoms with Crippen molar-refractivity contribution in [3.8, 4) is 0 Å². The molecule has 0 radical (unpaired) electrons. The minimum Gasteiger partial charge on any atom is -0.342 e. The number of para-hydroxylation sites is 2. The number of aliphatic imine (C=N–C) groups is 1. The van der Waals surface area contributed by atoms with E-state index in [1.807, 2.05) is 59.5 Å². The molecule has 1 saturated heterocycles. The number of nitrogens with one attached hydrogen (secondary N) is 1. The molecule has 0 saturated carbocycles. The van der Waals surface area contributed by atoms with Gasteiger partial charge < -0.3 is 9.80 Å². The number of rotatable bonds is 7. The Hall–Kier alpha value is -4.70. The third-order valence-electron chi connectivity index (χ3n) is 7.95. The number of fused-ring (bicyclic) bond motifs is 1.